The van der Waals surface area contributed by atoms with Crippen LogP contribution in [0.3, 0.4) is 0 Å². The van der Waals surface area contributed by atoms with Gasteiger partial charge < -0.3 is 10.4 Å². The number of pyridine rings is 1. The number of aliphatic hydroxyl groups is 1. The van der Waals surface area contributed by atoms with Crippen LogP contribution in [0.25, 0.3) is 0 Å². The van der Waals surface area contributed by atoms with Gasteiger partial charge in [0.05, 0.1) is 0 Å². The van der Waals surface area contributed by atoms with E-state index in [1.165, 1.54) is 0 Å². The van der Waals surface area contributed by atoms with Gasteiger partial charge in [-0.1, -0.05) is 31.0 Å². The van der Waals surface area contributed by atoms with Crippen LogP contribution in [0.1, 0.15) is 36.7 Å². The lowest BCUT2D eigenvalue weighted by molar-refractivity contribution is 0.0938. The van der Waals surface area contributed by atoms with Crippen molar-refractivity contribution in [2.45, 2.75) is 26.2 Å². The molecule has 0 aliphatic carbocycles. The molecule has 0 saturated heterocycles. The zero-order chi connectivity index (χ0) is 13.4. The lowest BCUT2D eigenvalue weighted by Gasteiger charge is -2.15. The Morgan fingerprint density at radius 2 is 2.28 bits per heavy atom. The molecule has 1 rings (SSSR count). The minimum Gasteiger partial charge on any atom is -0.396 e. The van der Waals surface area contributed by atoms with E-state index in [4.69, 9.17) is 16.7 Å². The fraction of sp³-hybridized carbons (Fsp3) is 0.538. The number of aliphatic hydroxyl groups excluding tert-OH is 1. The third-order valence-electron chi connectivity index (χ3n) is 2.73. The highest BCUT2D eigenvalue weighted by molar-refractivity contribution is 6.29. The minimum absolute atomic E-state index is 0.149. The summed E-state index contributed by atoms with van der Waals surface area (Å²) in [4.78, 5) is 15.8. The Morgan fingerprint density at radius 3 is 2.89 bits per heavy atom. The van der Waals surface area contributed by atoms with E-state index >= 15 is 0 Å². The maximum Gasteiger partial charge on any atom is 0.269 e. The predicted octanol–water partition coefficient (Wildman–Crippen LogP) is 2.26. The molecular weight excluding hydrogens is 252 g/mol. The van der Waals surface area contributed by atoms with Crippen LogP contribution < -0.4 is 5.32 Å². The zero-order valence-corrected chi connectivity index (χ0v) is 11.3. The molecule has 5 heteroatoms. The summed E-state index contributed by atoms with van der Waals surface area (Å²) in [6.07, 6.45) is 2.73. The van der Waals surface area contributed by atoms with Gasteiger partial charge in [-0.3, -0.25) is 4.79 Å². The molecule has 4 nitrogen and oxygen atoms in total. The Kier molecular flexibility index (Phi) is 6.68. The quantitative estimate of drug-likeness (QED) is 0.747. The highest BCUT2D eigenvalue weighted by Crippen LogP contribution is 2.10. The first-order valence-electron chi connectivity index (χ1n) is 6.19. The summed E-state index contributed by atoms with van der Waals surface area (Å²) in [6, 6.07) is 4.95. The van der Waals surface area contributed by atoms with Crippen LogP contribution in [0.5, 0.6) is 0 Å². The predicted molar refractivity (Wildman–Crippen MR) is 71.7 cm³/mol. The molecule has 18 heavy (non-hydrogen) atoms. The standard InChI is InChI=1S/C13H19ClN2O2/c1-2-4-10(7-8-17)9-15-13(18)11-5-3-6-12(14)16-11/h3,5-6,10,17H,2,4,7-9H2,1H3,(H,15,18). The van der Waals surface area contributed by atoms with Gasteiger partial charge >= 0.3 is 0 Å². The second-order valence-electron chi connectivity index (χ2n) is 4.22. The van der Waals surface area contributed by atoms with Crippen LogP contribution in [0.15, 0.2) is 18.2 Å². The minimum atomic E-state index is -0.225. The Hall–Kier alpha value is -1.13. The average Bonchev–Trinajstić information content (AvgIpc) is 2.36. The van der Waals surface area contributed by atoms with Gasteiger partial charge in [-0.2, -0.15) is 0 Å². The molecule has 1 unspecified atom stereocenters. The van der Waals surface area contributed by atoms with Crippen molar-refractivity contribution >= 4 is 17.5 Å². The van der Waals surface area contributed by atoms with Crippen molar-refractivity contribution in [2.75, 3.05) is 13.2 Å². The SMILES string of the molecule is CCCC(CCO)CNC(=O)c1cccc(Cl)n1. The molecule has 2 N–H and O–H groups in total. The van der Waals surface area contributed by atoms with E-state index < -0.39 is 0 Å². The highest BCUT2D eigenvalue weighted by atomic mass is 35.5. The summed E-state index contributed by atoms with van der Waals surface area (Å²) in [5, 5.41) is 12.1. The van der Waals surface area contributed by atoms with Crippen molar-refractivity contribution in [1.29, 1.82) is 0 Å². The van der Waals surface area contributed by atoms with Gasteiger partial charge in [0.15, 0.2) is 0 Å². The molecule has 1 aromatic rings. The van der Waals surface area contributed by atoms with Crippen molar-refractivity contribution in [2.24, 2.45) is 5.92 Å². The number of hydrogen-bond donors (Lipinski definition) is 2. The number of halogens is 1. The van der Waals surface area contributed by atoms with E-state index in [0.717, 1.165) is 12.8 Å². The number of hydrogen-bond acceptors (Lipinski definition) is 3. The molecular formula is C13H19ClN2O2. The fourth-order valence-electron chi connectivity index (χ4n) is 1.80. The second-order valence-corrected chi connectivity index (χ2v) is 4.61. The van der Waals surface area contributed by atoms with Crippen LogP contribution in [-0.2, 0) is 0 Å². The number of nitrogens with zero attached hydrogens (tertiary/aromatic N) is 1. The fourth-order valence-corrected chi connectivity index (χ4v) is 1.97. The lowest BCUT2D eigenvalue weighted by Crippen LogP contribution is -2.30. The van der Waals surface area contributed by atoms with Gasteiger partial charge in [0, 0.05) is 13.2 Å². The molecule has 0 bridgehead atoms. The van der Waals surface area contributed by atoms with Crippen molar-refractivity contribution < 1.29 is 9.90 Å². The number of carbonyl (C=O) groups is 1. The molecule has 100 valence electrons. The molecule has 1 heterocycles. The Labute approximate surface area is 112 Å². The van der Waals surface area contributed by atoms with E-state index in [-0.39, 0.29) is 12.5 Å². The van der Waals surface area contributed by atoms with Gasteiger partial charge in [0.25, 0.3) is 5.91 Å². The van der Waals surface area contributed by atoms with E-state index in [1.54, 1.807) is 18.2 Å². The molecule has 1 atom stereocenters. The second kappa shape index (κ2) is 8.06. The van der Waals surface area contributed by atoms with Gasteiger partial charge in [0.2, 0.25) is 0 Å². The molecule has 0 fully saturated rings. The van der Waals surface area contributed by atoms with Gasteiger partial charge in [0.1, 0.15) is 10.8 Å². The Morgan fingerprint density at radius 1 is 1.50 bits per heavy atom. The molecule has 1 aromatic heterocycles. The smallest absolute Gasteiger partial charge is 0.269 e. The third-order valence-corrected chi connectivity index (χ3v) is 2.94. The molecule has 0 spiro atoms. The summed E-state index contributed by atoms with van der Waals surface area (Å²) >= 11 is 5.73. The van der Waals surface area contributed by atoms with Crippen LogP contribution in [-0.4, -0.2) is 29.1 Å². The topological polar surface area (TPSA) is 62.2 Å². The third kappa shape index (κ3) is 5.02. The Bertz CT molecular complexity index is 379. The van der Waals surface area contributed by atoms with Crippen LogP contribution >= 0.6 is 11.6 Å². The number of rotatable bonds is 7. The maximum absolute atomic E-state index is 11.8. The van der Waals surface area contributed by atoms with E-state index in [9.17, 15) is 4.79 Å². The highest BCUT2D eigenvalue weighted by Gasteiger charge is 2.11. The van der Waals surface area contributed by atoms with Gasteiger partial charge in [-0.15, -0.1) is 0 Å². The van der Waals surface area contributed by atoms with E-state index in [1.807, 2.05) is 0 Å². The van der Waals surface area contributed by atoms with Crippen LogP contribution in [0.2, 0.25) is 5.15 Å². The van der Waals surface area contributed by atoms with Crippen molar-refractivity contribution in [1.82, 2.24) is 10.3 Å². The van der Waals surface area contributed by atoms with Crippen molar-refractivity contribution in [3.05, 3.63) is 29.0 Å². The van der Waals surface area contributed by atoms with Gasteiger partial charge in [-0.25, -0.2) is 4.98 Å². The molecule has 1 amide bonds. The first kappa shape index (κ1) is 14.9. The zero-order valence-electron chi connectivity index (χ0n) is 10.5. The summed E-state index contributed by atoms with van der Waals surface area (Å²) in [7, 11) is 0. The summed E-state index contributed by atoms with van der Waals surface area (Å²) in [6.45, 7) is 2.79. The van der Waals surface area contributed by atoms with E-state index in [0.29, 0.717) is 29.7 Å². The first-order valence-corrected chi connectivity index (χ1v) is 6.56. The monoisotopic (exact) mass is 270 g/mol. The lowest BCUT2D eigenvalue weighted by atomic mass is 10.0. The number of nitrogens with one attached hydrogen (secondary N) is 1. The summed E-state index contributed by atoms with van der Waals surface area (Å²) < 4.78 is 0. The molecule has 0 aromatic carbocycles. The average molecular weight is 271 g/mol. The number of aromatic nitrogens is 1. The summed E-state index contributed by atoms with van der Waals surface area (Å²) in [5.74, 6) is 0.0830. The maximum atomic E-state index is 11.8. The normalized spacial score (nSPS) is 12.2. The number of amides is 1. The first-order chi connectivity index (χ1) is 8.67. The Balaban J connectivity index is 2.49. The van der Waals surface area contributed by atoms with E-state index in [2.05, 4.69) is 17.2 Å². The van der Waals surface area contributed by atoms with Crippen LogP contribution in [0, 0.1) is 5.92 Å². The molecule has 0 saturated carbocycles. The molecule has 0 aliphatic heterocycles. The molecule has 0 radical (unpaired) electrons. The van der Waals surface area contributed by atoms with Crippen molar-refractivity contribution in [3.8, 4) is 0 Å². The van der Waals surface area contributed by atoms with Crippen LogP contribution in [0.4, 0.5) is 0 Å². The number of carbonyl (C=O) groups excluding carboxylic acids is 1. The largest absolute Gasteiger partial charge is 0.396 e. The van der Waals surface area contributed by atoms with Gasteiger partial charge in [-0.05, 0) is 30.9 Å². The van der Waals surface area contributed by atoms with Crippen molar-refractivity contribution in [3.63, 3.8) is 0 Å². The molecule has 0 aliphatic rings. The summed E-state index contributed by atoms with van der Waals surface area (Å²) in [5.41, 5.74) is 0.321.